The van der Waals surface area contributed by atoms with E-state index in [1.807, 2.05) is 13.8 Å². The first-order valence-electron chi connectivity index (χ1n) is 6.61. The van der Waals surface area contributed by atoms with Crippen molar-refractivity contribution >= 4 is 9.84 Å². The van der Waals surface area contributed by atoms with Crippen LogP contribution in [0.1, 0.15) is 13.8 Å². The van der Waals surface area contributed by atoms with E-state index in [1.54, 1.807) is 18.2 Å². The fourth-order valence-corrected chi connectivity index (χ4v) is 3.36. The Morgan fingerprint density at radius 2 is 1.90 bits per heavy atom. The lowest BCUT2D eigenvalue weighted by atomic mass is 10.2. The minimum atomic E-state index is -3.57. The van der Waals surface area contributed by atoms with Gasteiger partial charge in [0.05, 0.1) is 19.0 Å². The number of hydrogen-bond donors (Lipinski definition) is 2. The van der Waals surface area contributed by atoms with Crippen LogP contribution in [0.5, 0.6) is 5.75 Å². The lowest BCUT2D eigenvalue weighted by Gasteiger charge is -2.14. The Balaban J connectivity index is 2.69. The van der Waals surface area contributed by atoms with Crippen LogP contribution >= 0.6 is 0 Å². The number of aliphatic hydroxyl groups excluding tert-OH is 1. The van der Waals surface area contributed by atoms with Gasteiger partial charge < -0.3 is 15.2 Å². The number of methoxy groups -OCH3 is 1. The highest BCUT2D eigenvalue weighted by atomic mass is 32.2. The number of nitrogens with one attached hydrogen (secondary N) is 1. The number of para-hydroxylation sites is 1. The van der Waals surface area contributed by atoms with Crippen LogP contribution in [-0.4, -0.2) is 45.6 Å². The summed E-state index contributed by atoms with van der Waals surface area (Å²) in [7, 11) is -2.14. The van der Waals surface area contributed by atoms with Crippen LogP contribution in [0.25, 0.3) is 0 Å². The highest BCUT2D eigenvalue weighted by Gasteiger charge is 2.22. The lowest BCUT2D eigenvalue weighted by Crippen LogP contribution is -2.34. The molecule has 114 valence electrons. The average molecular weight is 301 g/mol. The molecule has 1 atom stereocenters. The predicted molar refractivity (Wildman–Crippen MR) is 78.8 cm³/mol. The quantitative estimate of drug-likeness (QED) is 0.751. The van der Waals surface area contributed by atoms with Gasteiger partial charge in [0.2, 0.25) is 0 Å². The summed E-state index contributed by atoms with van der Waals surface area (Å²) < 4.78 is 29.6. The van der Waals surface area contributed by atoms with Crippen LogP contribution in [-0.2, 0) is 9.84 Å². The number of rotatable bonds is 8. The van der Waals surface area contributed by atoms with Crippen LogP contribution in [0.3, 0.4) is 0 Å². The summed E-state index contributed by atoms with van der Waals surface area (Å²) in [6, 6.07) is 6.43. The van der Waals surface area contributed by atoms with Crippen molar-refractivity contribution in [2.24, 2.45) is 5.92 Å². The highest BCUT2D eigenvalue weighted by Crippen LogP contribution is 2.24. The first kappa shape index (κ1) is 16.9. The van der Waals surface area contributed by atoms with Gasteiger partial charge in [0.1, 0.15) is 10.6 Å². The second kappa shape index (κ2) is 7.61. The normalized spacial score (nSPS) is 13.4. The Labute approximate surface area is 120 Å². The molecule has 1 aromatic carbocycles. The smallest absolute Gasteiger partial charge is 0.184 e. The number of sulfone groups is 1. The topological polar surface area (TPSA) is 75.6 Å². The zero-order valence-corrected chi connectivity index (χ0v) is 13.0. The van der Waals surface area contributed by atoms with Crippen LogP contribution in [0, 0.1) is 5.92 Å². The first-order chi connectivity index (χ1) is 9.36. The van der Waals surface area contributed by atoms with E-state index >= 15 is 0 Å². The second-order valence-electron chi connectivity index (χ2n) is 5.14. The standard InChI is InChI=1S/C14H23NO4S/c1-11(2)8-15-9-12(16)10-20(17,18)14-7-5-4-6-13(14)19-3/h4-7,11-12,15-16H,8-10H2,1-3H3. The molecule has 2 N–H and O–H groups in total. The van der Waals surface area contributed by atoms with Crippen LogP contribution < -0.4 is 10.1 Å². The molecule has 0 aromatic heterocycles. The Hall–Kier alpha value is -1.11. The van der Waals surface area contributed by atoms with Gasteiger partial charge in [0, 0.05) is 6.54 Å². The maximum absolute atomic E-state index is 12.3. The van der Waals surface area contributed by atoms with E-state index in [0.29, 0.717) is 11.7 Å². The summed E-state index contributed by atoms with van der Waals surface area (Å²) in [6.45, 7) is 5.09. The summed E-state index contributed by atoms with van der Waals surface area (Å²) in [5.74, 6) is 0.432. The predicted octanol–water partition coefficient (Wildman–Crippen LogP) is 1.08. The summed E-state index contributed by atoms with van der Waals surface area (Å²) in [4.78, 5) is 0.116. The Kier molecular flexibility index (Phi) is 6.45. The molecule has 0 saturated carbocycles. The van der Waals surface area contributed by atoms with Gasteiger partial charge in [-0.15, -0.1) is 0 Å². The van der Waals surface area contributed by atoms with Gasteiger partial charge in [0.15, 0.2) is 9.84 Å². The summed E-state index contributed by atoms with van der Waals surface area (Å²) in [5.41, 5.74) is 0. The Morgan fingerprint density at radius 1 is 1.25 bits per heavy atom. The van der Waals surface area contributed by atoms with Gasteiger partial charge in [-0.05, 0) is 24.6 Å². The molecule has 6 heteroatoms. The van der Waals surface area contributed by atoms with Gasteiger partial charge in [0.25, 0.3) is 0 Å². The monoisotopic (exact) mass is 301 g/mol. The lowest BCUT2D eigenvalue weighted by molar-refractivity contribution is 0.192. The Bertz CT molecular complexity index is 514. The maximum atomic E-state index is 12.3. The molecule has 0 radical (unpaired) electrons. The molecule has 1 aromatic rings. The van der Waals surface area contributed by atoms with Crippen molar-refractivity contribution in [3.05, 3.63) is 24.3 Å². The van der Waals surface area contributed by atoms with E-state index in [1.165, 1.54) is 13.2 Å². The highest BCUT2D eigenvalue weighted by molar-refractivity contribution is 7.91. The van der Waals surface area contributed by atoms with Crippen LogP contribution in [0.2, 0.25) is 0 Å². The number of aliphatic hydroxyl groups is 1. The average Bonchev–Trinajstić information content (AvgIpc) is 2.37. The molecule has 0 aliphatic rings. The molecule has 0 aliphatic carbocycles. The molecule has 0 heterocycles. The molecule has 0 bridgehead atoms. The molecule has 20 heavy (non-hydrogen) atoms. The number of hydrogen-bond acceptors (Lipinski definition) is 5. The largest absolute Gasteiger partial charge is 0.495 e. The van der Waals surface area contributed by atoms with Crippen molar-refractivity contribution in [3.8, 4) is 5.75 Å². The van der Waals surface area contributed by atoms with Gasteiger partial charge >= 0.3 is 0 Å². The van der Waals surface area contributed by atoms with Gasteiger partial charge in [-0.3, -0.25) is 0 Å². The summed E-state index contributed by atoms with van der Waals surface area (Å²) in [6.07, 6.45) is -0.941. The molecule has 0 saturated heterocycles. The van der Waals surface area contributed by atoms with E-state index in [9.17, 15) is 13.5 Å². The molecule has 1 rings (SSSR count). The van der Waals surface area contributed by atoms with Gasteiger partial charge in [-0.1, -0.05) is 26.0 Å². The van der Waals surface area contributed by atoms with Gasteiger partial charge in [-0.2, -0.15) is 0 Å². The summed E-state index contributed by atoms with van der Waals surface area (Å²) in [5, 5.41) is 12.9. The molecule has 5 nitrogen and oxygen atoms in total. The van der Waals surface area contributed by atoms with E-state index in [4.69, 9.17) is 4.74 Å². The third kappa shape index (κ3) is 5.11. The SMILES string of the molecule is COc1ccccc1S(=O)(=O)CC(O)CNCC(C)C. The Morgan fingerprint density at radius 3 is 2.50 bits per heavy atom. The van der Waals surface area contributed by atoms with E-state index in [0.717, 1.165) is 6.54 Å². The first-order valence-corrected chi connectivity index (χ1v) is 8.26. The van der Waals surface area contributed by atoms with Crippen molar-refractivity contribution in [1.82, 2.24) is 5.32 Å². The van der Waals surface area contributed by atoms with Crippen LogP contribution in [0.15, 0.2) is 29.2 Å². The van der Waals surface area contributed by atoms with Crippen molar-refractivity contribution in [2.45, 2.75) is 24.8 Å². The van der Waals surface area contributed by atoms with Crippen molar-refractivity contribution in [2.75, 3.05) is 26.0 Å². The molecular formula is C14H23NO4S. The maximum Gasteiger partial charge on any atom is 0.184 e. The molecule has 1 unspecified atom stereocenters. The minimum absolute atomic E-state index is 0.116. The van der Waals surface area contributed by atoms with E-state index in [-0.39, 0.29) is 17.2 Å². The number of benzene rings is 1. The van der Waals surface area contributed by atoms with Crippen molar-refractivity contribution < 1.29 is 18.3 Å². The zero-order valence-electron chi connectivity index (χ0n) is 12.2. The zero-order chi connectivity index (χ0) is 15.2. The van der Waals surface area contributed by atoms with E-state index < -0.39 is 15.9 Å². The van der Waals surface area contributed by atoms with E-state index in [2.05, 4.69) is 5.32 Å². The fourth-order valence-electron chi connectivity index (χ4n) is 1.82. The van der Waals surface area contributed by atoms with Crippen molar-refractivity contribution in [1.29, 1.82) is 0 Å². The second-order valence-corrected chi connectivity index (χ2v) is 7.14. The molecule has 0 aliphatic heterocycles. The number of ether oxygens (including phenoxy) is 1. The molecule has 0 spiro atoms. The molecule has 0 amide bonds. The molecular weight excluding hydrogens is 278 g/mol. The van der Waals surface area contributed by atoms with Gasteiger partial charge in [-0.25, -0.2) is 8.42 Å². The fraction of sp³-hybridized carbons (Fsp3) is 0.571. The van der Waals surface area contributed by atoms with Crippen molar-refractivity contribution in [3.63, 3.8) is 0 Å². The van der Waals surface area contributed by atoms with Crippen LogP contribution in [0.4, 0.5) is 0 Å². The minimum Gasteiger partial charge on any atom is -0.495 e. The third-order valence-corrected chi connectivity index (χ3v) is 4.58. The third-order valence-electron chi connectivity index (χ3n) is 2.75. The molecule has 0 fully saturated rings. The summed E-state index contributed by atoms with van der Waals surface area (Å²) >= 11 is 0.